The molecule has 0 unspecified atom stereocenters. The van der Waals surface area contributed by atoms with E-state index in [1.807, 2.05) is 43.5 Å². The zero-order chi connectivity index (χ0) is 17.3. The maximum Gasteiger partial charge on any atom is 0.329 e. The monoisotopic (exact) mass is 342 g/mol. The summed E-state index contributed by atoms with van der Waals surface area (Å²) in [4.78, 5) is 30.0. The van der Waals surface area contributed by atoms with Crippen molar-refractivity contribution in [2.75, 3.05) is 7.11 Å². The predicted molar refractivity (Wildman–Crippen MR) is 95.4 cm³/mol. The smallest absolute Gasteiger partial charge is 0.329 e. The average molecular weight is 342 g/mol. The number of carbonyl (C=O) groups is 1. The first-order valence-electron chi connectivity index (χ1n) is 7.70. The van der Waals surface area contributed by atoms with Gasteiger partial charge in [0.1, 0.15) is 10.9 Å². The van der Waals surface area contributed by atoms with Crippen LogP contribution in [0.1, 0.15) is 24.9 Å². The molecule has 1 aromatic carbocycles. The first-order chi connectivity index (χ1) is 11.6. The minimum atomic E-state index is -0.662. The fourth-order valence-corrected chi connectivity index (χ4v) is 3.63. The molecule has 2 aromatic heterocycles. The van der Waals surface area contributed by atoms with Crippen LogP contribution in [0.5, 0.6) is 0 Å². The summed E-state index contributed by atoms with van der Waals surface area (Å²) in [5.74, 6) is -0.437. The van der Waals surface area contributed by atoms with Crippen LogP contribution >= 0.6 is 11.3 Å². The van der Waals surface area contributed by atoms with E-state index in [0.29, 0.717) is 16.6 Å². The fraction of sp³-hybridized carbons (Fsp3) is 0.278. The Labute approximate surface area is 143 Å². The lowest BCUT2D eigenvalue weighted by Gasteiger charge is -2.15. The Morgan fingerprint density at radius 3 is 2.67 bits per heavy atom. The van der Waals surface area contributed by atoms with Crippen molar-refractivity contribution in [2.24, 2.45) is 0 Å². The summed E-state index contributed by atoms with van der Waals surface area (Å²) >= 11 is 1.43. The summed E-state index contributed by atoms with van der Waals surface area (Å²) in [5, 5.41) is 2.49. The van der Waals surface area contributed by atoms with Gasteiger partial charge in [0.15, 0.2) is 0 Å². The van der Waals surface area contributed by atoms with E-state index in [1.165, 1.54) is 29.3 Å². The number of thiophene rings is 1. The van der Waals surface area contributed by atoms with E-state index in [1.54, 1.807) is 0 Å². The highest BCUT2D eigenvalue weighted by Crippen LogP contribution is 2.31. The van der Waals surface area contributed by atoms with E-state index >= 15 is 0 Å². The van der Waals surface area contributed by atoms with Crippen molar-refractivity contribution in [1.29, 1.82) is 0 Å². The van der Waals surface area contributed by atoms with Crippen LogP contribution in [0.2, 0.25) is 0 Å². The van der Waals surface area contributed by atoms with Crippen LogP contribution in [0.15, 0.2) is 40.8 Å². The lowest BCUT2D eigenvalue weighted by Crippen LogP contribution is -2.30. The largest absolute Gasteiger partial charge is 0.467 e. The van der Waals surface area contributed by atoms with Crippen molar-refractivity contribution in [3.8, 4) is 11.1 Å². The number of methoxy groups -OCH3 is 1. The minimum absolute atomic E-state index is 0.214. The Bertz CT molecular complexity index is 941. The molecule has 6 heteroatoms. The Morgan fingerprint density at radius 2 is 2.04 bits per heavy atom. The molecule has 0 aliphatic carbocycles. The van der Waals surface area contributed by atoms with Crippen LogP contribution in [0.25, 0.3) is 21.3 Å². The van der Waals surface area contributed by atoms with Crippen LogP contribution in [0, 0.1) is 6.92 Å². The molecule has 0 spiro atoms. The molecule has 3 aromatic rings. The third-order valence-corrected chi connectivity index (χ3v) is 4.96. The van der Waals surface area contributed by atoms with Gasteiger partial charge in [-0.25, -0.2) is 9.78 Å². The van der Waals surface area contributed by atoms with Gasteiger partial charge in [-0.2, -0.15) is 0 Å². The van der Waals surface area contributed by atoms with Gasteiger partial charge < -0.3 is 4.74 Å². The first kappa shape index (κ1) is 16.4. The predicted octanol–water partition coefficient (Wildman–Crippen LogP) is 3.56. The molecule has 2 heterocycles. The van der Waals surface area contributed by atoms with Gasteiger partial charge in [-0.15, -0.1) is 11.3 Å². The molecule has 124 valence electrons. The summed E-state index contributed by atoms with van der Waals surface area (Å²) in [6, 6.07) is 7.34. The van der Waals surface area contributed by atoms with Gasteiger partial charge in [0.2, 0.25) is 0 Å². The molecule has 0 aliphatic rings. The molecule has 0 radical (unpaired) electrons. The maximum atomic E-state index is 13.0. The molecule has 0 fully saturated rings. The van der Waals surface area contributed by atoms with Gasteiger partial charge in [0.05, 0.1) is 18.8 Å². The average Bonchev–Trinajstić information content (AvgIpc) is 3.02. The van der Waals surface area contributed by atoms with Gasteiger partial charge in [-0.3, -0.25) is 9.36 Å². The number of aromatic nitrogens is 2. The number of hydrogen-bond acceptors (Lipinski definition) is 5. The molecule has 0 saturated heterocycles. The van der Waals surface area contributed by atoms with E-state index in [0.717, 1.165) is 16.7 Å². The number of fused-ring (bicyclic) bond motifs is 1. The molecular weight excluding hydrogens is 324 g/mol. The Balaban J connectivity index is 2.21. The molecule has 1 atom stereocenters. The van der Waals surface area contributed by atoms with Crippen molar-refractivity contribution < 1.29 is 9.53 Å². The second-order valence-corrected chi connectivity index (χ2v) is 6.46. The van der Waals surface area contributed by atoms with Crippen molar-refractivity contribution in [1.82, 2.24) is 9.55 Å². The highest BCUT2D eigenvalue weighted by atomic mass is 32.1. The van der Waals surface area contributed by atoms with Gasteiger partial charge in [0.25, 0.3) is 5.56 Å². The zero-order valence-electron chi connectivity index (χ0n) is 13.8. The van der Waals surface area contributed by atoms with Gasteiger partial charge in [-0.05, 0) is 18.9 Å². The molecule has 0 saturated carbocycles. The van der Waals surface area contributed by atoms with Crippen molar-refractivity contribution in [3.63, 3.8) is 0 Å². The SMILES string of the molecule is CC[C@@H](C(=O)OC)n1cnc2scc(-c3ccc(C)cc3)c2c1=O. The number of esters is 1. The number of ether oxygens (including phenoxy) is 1. The third kappa shape index (κ3) is 2.73. The van der Waals surface area contributed by atoms with E-state index in [4.69, 9.17) is 4.74 Å². The highest BCUT2D eigenvalue weighted by Gasteiger charge is 2.23. The quantitative estimate of drug-likeness (QED) is 0.680. The third-order valence-electron chi connectivity index (χ3n) is 4.08. The van der Waals surface area contributed by atoms with Crippen LogP contribution in [-0.4, -0.2) is 22.6 Å². The highest BCUT2D eigenvalue weighted by molar-refractivity contribution is 7.17. The normalized spacial score (nSPS) is 12.3. The number of rotatable bonds is 4. The van der Waals surface area contributed by atoms with Crippen molar-refractivity contribution in [2.45, 2.75) is 26.3 Å². The van der Waals surface area contributed by atoms with Gasteiger partial charge in [-0.1, -0.05) is 36.8 Å². The van der Waals surface area contributed by atoms with Crippen LogP contribution in [0.4, 0.5) is 0 Å². The molecule has 5 nitrogen and oxygen atoms in total. The fourth-order valence-electron chi connectivity index (χ4n) is 2.73. The Morgan fingerprint density at radius 1 is 1.33 bits per heavy atom. The summed E-state index contributed by atoms with van der Waals surface area (Å²) < 4.78 is 6.18. The zero-order valence-corrected chi connectivity index (χ0v) is 14.6. The van der Waals surface area contributed by atoms with E-state index in [-0.39, 0.29) is 5.56 Å². The van der Waals surface area contributed by atoms with Crippen molar-refractivity contribution in [3.05, 3.63) is 51.9 Å². The molecule has 0 aliphatic heterocycles. The second kappa shape index (κ2) is 6.57. The number of nitrogens with zero attached hydrogens (tertiary/aromatic N) is 2. The molecule has 24 heavy (non-hydrogen) atoms. The lowest BCUT2D eigenvalue weighted by atomic mass is 10.0. The Hall–Kier alpha value is -2.47. The maximum absolute atomic E-state index is 13.0. The number of hydrogen-bond donors (Lipinski definition) is 0. The minimum Gasteiger partial charge on any atom is -0.467 e. The summed E-state index contributed by atoms with van der Waals surface area (Å²) in [7, 11) is 1.32. The van der Waals surface area contributed by atoms with Crippen molar-refractivity contribution >= 4 is 27.5 Å². The standard InChI is InChI=1S/C18H18N2O3S/c1-4-14(18(22)23-3)20-10-19-16-15(17(20)21)13(9-24-16)12-7-5-11(2)6-8-12/h5-10,14H,4H2,1-3H3/t14-/m0/s1. The van der Waals surface area contributed by atoms with Gasteiger partial charge >= 0.3 is 5.97 Å². The van der Waals surface area contributed by atoms with E-state index in [2.05, 4.69) is 4.98 Å². The first-order valence-corrected chi connectivity index (χ1v) is 8.58. The summed E-state index contributed by atoms with van der Waals surface area (Å²) in [5.41, 5.74) is 2.76. The van der Waals surface area contributed by atoms with Crippen LogP contribution in [0.3, 0.4) is 0 Å². The van der Waals surface area contributed by atoms with Gasteiger partial charge in [0, 0.05) is 10.9 Å². The van der Waals surface area contributed by atoms with Crippen LogP contribution < -0.4 is 5.56 Å². The molecule has 0 amide bonds. The summed E-state index contributed by atoms with van der Waals surface area (Å²) in [6.07, 6.45) is 1.90. The number of carbonyl (C=O) groups excluding carboxylic acids is 1. The lowest BCUT2D eigenvalue weighted by molar-refractivity contribution is -0.144. The molecule has 0 bridgehead atoms. The second-order valence-electron chi connectivity index (χ2n) is 5.60. The van der Waals surface area contributed by atoms with Crippen LogP contribution in [-0.2, 0) is 9.53 Å². The molecule has 0 N–H and O–H groups in total. The topological polar surface area (TPSA) is 61.2 Å². The van der Waals surface area contributed by atoms with E-state index < -0.39 is 12.0 Å². The number of benzene rings is 1. The molecule has 3 rings (SSSR count). The van der Waals surface area contributed by atoms with E-state index in [9.17, 15) is 9.59 Å². The Kier molecular flexibility index (Phi) is 4.49. The molecular formula is C18H18N2O3S. The number of aryl methyl sites for hydroxylation is 1. The summed E-state index contributed by atoms with van der Waals surface area (Å²) in [6.45, 7) is 3.86.